The zero-order chi connectivity index (χ0) is 16.2. The molecule has 0 fully saturated rings. The zero-order valence-electron chi connectivity index (χ0n) is 12.2. The smallest absolute Gasteiger partial charge is 0.389 e. The third-order valence-electron chi connectivity index (χ3n) is 3.39. The zero-order valence-corrected chi connectivity index (χ0v) is 12.2. The van der Waals surface area contributed by atoms with Crippen molar-refractivity contribution in [2.24, 2.45) is 0 Å². The van der Waals surface area contributed by atoms with Crippen LogP contribution in [0.4, 0.5) is 5.82 Å². The van der Waals surface area contributed by atoms with Crippen LogP contribution in [0.5, 0.6) is 5.75 Å². The van der Waals surface area contributed by atoms with E-state index in [1.165, 1.54) is 16.9 Å². The summed E-state index contributed by atoms with van der Waals surface area (Å²) in [4.78, 5) is 10.0. The Morgan fingerprint density at radius 2 is 2.00 bits per heavy atom. The summed E-state index contributed by atoms with van der Waals surface area (Å²) in [5.41, 5.74) is 0. The molecule has 0 aliphatic heterocycles. The summed E-state index contributed by atoms with van der Waals surface area (Å²) in [5.74, 6) is 0.445. The van der Waals surface area contributed by atoms with Gasteiger partial charge in [0, 0.05) is 5.39 Å². The Bertz CT molecular complexity index is 826. The number of nitro groups is 1. The monoisotopic (exact) mass is 313 g/mol. The number of ether oxygens (including phenoxy) is 1. The SMILES string of the molecule is O=[N+]([O-])c1ccn(CC(O)COc2cccc3ccccc23)n1. The molecule has 0 saturated heterocycles. The van der Waals surface area contributed by atoms with E-state index in [1.807, 2.05) is 42.5 Å². The summed E-state index contributed by atoms with van der Waals surface area (Å²) < 4.78 is 7.01. The summed E-state index contributed by atoms with van der Waals surface area (Å²) >= 11 is 0. The standard InChI is InChI=1S/C16H15N3O4/c20-13(10-18-9-8-16(17-18)19(21)22)11-23-15-7-3-5-12-4-1-2-6-14(12)15/h1-9,13,20H,10-11H2. The van der Waals surface area contributed by atoms with Gasteiger partial charge in [0.05, 0.1) is 23.9 Å². The van der Waals surface area contributed by atoms with Crippen molar-refractivity contribution in [3.63, 3.8) is 0 Å². The van der Waals surface area contributed by atoms with Gasteiger partial charge in [-0.1, -0.05) is 36.4 Å². The molecular formula is C16H15N3O4. The highest BCUT2D eigenvalue weighted by atomic mass is 16.6. The van der Waals surface area contributed by atoms with Crippen molar-refractivity contribution in [1.29, 1.82) is 0 Å². The van der Waals surface area contributed by atoms with Gasteiger partial charge in [0.15, 0.2) is 0 Å². The highest BCUT2D eigenvalue weighted by Gasteiger charge is 2.14. The lowest BCUT2D eigenvalue weighted by molar-refractivity contribution is -0.389. The van der Waals surface area contributed by atoms with E-state index < -0.39 is 11.0 Å². The molecule has 1 heterocycles. The summed E-state index contributed by atoms with van der Waals surface area (Å²) in [6.45, 7) is 0.195. The quantitative estimate of drug-likeness (QED) is 0.557. The Labute approximate surface area is 131 Å². The second-order valence-corrected chi connectivity index (χ2v) is 5.10. The highest BCUT2D eigenvalue weighted by molar-refractivity contribution is 5.88. The maximum Gasteiger partial charge on any atom is 0.389 e. The first-order chi connectivity index (χ1) is 11.1. The number of fused-ring (bicyclic) bond motifs is 1. The van der Waals surface area contributed by atoms with E-state index in [9.17, 15) is 15.2 Å². The van der Waals surface area contributed by atoms with Crippen LogP contribution < -0.4 is 4.74 Å². The number of nitrogens with zero attached hydrogens (tertiary/aromatic N) is 3. The Hall–Kier alpha value is -2.93. The number of aliphatic hydroxyl groups excluding tert-OH is 1. The van der Waals surface area contributed by atoms with Crippen LogP contribution in [0.1, 0.15) is 0 Å². The third kappa shape index (κ3) is 3.46. The number of benzene rings is 2. The summed E-state index contributed by atoms with van der Waals surface area (Å²) in [5, 5.41) is 26.4. The Kier molecular flexibility index (Phi) is 4.20. The van der Waals surface area contributed by atoms with Crippen molar-refractivity contribution in [1.82, 2.24) is 9.78 Å². The molecule has 3 rings (SSSR count). The molecule has 7 nitrogen and oxygen atoms in total. The minimum absolute atomic E-state index is 0.0711. The van der Waals surface area contributed by atoms with Crippen LogP contribution in [0.25, 0.3) is 10.8 Å². The predicted octanol–water partition coefficient (Wildman–Crippen LogP) is 2.38. The minimum Gasteiger partial charge on any atom is -0.490 e. The molecule has 3 aromatic rings. The van der Waals surface area contributed by atoms with Gasteiger partial charge in [-0.3, -0.25) is 0 Å². The van der Waals surface area contributed by atoms with Crippen LogP contribution in [0, 0.1) is 10.1 Å². The average Bonchev–Trinajstić information content (AvgIpc) is 3.01. The maximum absolute atomic E-state index is 10.6. The molecule has 2 aromatic carbocycles. The second kappa shape index (κ2) is 6.45. The number of hydrogen-bond acceptors (Lipinski definition) is 5. The van der Waals surface area contributed by atoms with Gasteiger partial charge in [-0.25, -0.2) is 0 Å². The van der Waals surface area contributed by atoms with Crippen molar-refractivity contribution in [2.75, 3.05) is 6.61 Å². The molecular weight excluding hydrogens is 298 g/mol. The van der Waals surface area contributed by atoms with Gasteiger partial charge in [0.1, 0.15) is 18.5 Å². The normalized spacial score (nSPS) is 12.2. The van der Waals surface area contributed by atoms with Gasteiger partial charge < -0.3 is 20.0 Å². The molecule has 0 aliphatic carbocycles. The fourth-order valence-electron chi connectivity index (χ4n) is 2.33. The molecule has 1 N–H and O–H groups in total. The van der Waals surface area contributed by atoms with E-state index in [0.717, 1.165) is 10.8 Å². The molecule has 1 unspecified atom stereocenters. The first-order valence-electron chi connectivity index (χ1n) is 7.10. The maximum atomic E-state index is 10.6. The Morgan fingerprint density at radius 3 is 2.78 bits per heavy atom. The Balaban J connectivity index is 1.63. The fourth-order valence-corrected chi connectivity index (χ4v) is 2.33. The van der Waals surface area contributed by atoms with Gasteiger partial charge in [0.2, 0.25) is 0 Å². The molecule has 0 bridgehead atoms. The van der Waals surface area contributed by atoms with Crippen molar-refractivity contribution in [2.45, 2.75) is 12.6 Å². The van der Waals surface area contributed by atoms with Crippen molar-refractivity contribution < 1.29 is 14.8 Å². The van der Waals surface area contributed by atoms with Gasteiger partial charge in [-0.05, 0) is 16.4 Å². The predicted molar refractivity (Wildman–Crippen MR) is 84.3 cm³/mol. The number of rotatable bonds is 6. The number of hydrogen-bond donors (Lipinski definition) is 1. The second-order valence-electron chi connectivity index (χ2n) is 5.10. The lowest BCUT2D eigenvalue weighted by Crippen LogP contribution is -2.24. The van der Waals surface area contributed by atoms with E-state index in [2.05, 4.69) is 5.10 Å². The van der Waals surface area contributed by atoms with Crippen molar-refractivity contribution in [3.8, 4) is 5.75 Å². The molecule has 0 amide bonds. The molecule has 0 spiro atoms. The van der Waals surface area contributed by atoms with Crippen LogP contribution in [-0.4, -0.2) is 32.5 Å². The summed E-state index contributed by atoms with van der Waals surface area (Å²) in [6, 6.07) is 14.8. The van der Waals surface area contributed by atoms with E-state index in [1.54, 1.807) is 0 Å². The van der Waals surface area contributed by atoms with Crippen LogP contribution in [0.15, 0.2) is 54.7 Å². The first kappa shape index (κ1) is 15.0. The molecule has 0 radical (unpaired) electrons. The van der Waals surface area contributed by atoms with Crippen molar-refractivity contribution >= 4 is 16.6 Å². The van der Waals surface area contributed by atoms with Gasteiger partial charge in [-0.2, -0.15) is 4.68 Å². The minimum atomic E-state index is -0.825. The van der Waals surface area contributed by atoms with Crippen LogP contribution in [-0.2, 0) is 6.54 Å². The topological polar surface area (TPSA) is 90.4 Å². The first-order valence-corrected chi connectivity index (χ1v) is 7.10. The van der Waals surface area contributed by atoms with E-state index in [4.69, 9.17) is 4.74 Å². The van der Waals surface area contributed by atoms with Crippen LogP contribution >= 0.6 is 0 Å². The number of aromatic nitrogens is 2. The number of aliphatic hydroxyl groups is 1. The van der Waals surface area contributed by atoms with E-state index in [0.29, 0.717) is 5.75 Å². The van der Waals surface area contributed by atoms with Gasteiger partial charge in [-0.15, -0.1) is 0 Å². The van der Waals surface area contributed by atoms with E-state index >= 15 is 0 Å². The van der Waals surface area contributed by atoms with Crippen LogP contribution in [0.3, 0.4) is 0 Å². The molecule has 23 heavy (non-hydrogen) atoms. The third-order valence-corrected chi connectivity index (χ3v) is 3.39. The van der Waals surface area contributed by atoms with Gasteiger partial charge in [0.25, 0.3) is 0 Å². The molecule has 118 valence electrons. The molecule has 0 aliphatic rings. The van der Waals surface area contributed by atoms with E-state index in [-0.39, 0.29) is 19.0 Å². The lowest BCUT2D eigenvalue weighted by Gasteiger charge is -2.13. The molecule has 0 saturated carbocycles. The average molecular weight is 313 g/mol. The molecule has 7 heteroatoms. The fraction of sp³-hybridized carbons (Fsp3) is 0.188. The molecule has 1 aromatic heterocycles. The van der Waals surface area contributed by atoms with Crippen molar-refractivity contribution in [3.05, 3.63) is 64.8 Å². The van der Waals surface area contributed by atoms with Gasteiger partial charge >= 0.3 is 5.82 Å². The largest absolute Gasteiger partial charge is 0.490 e. The summed E-state index contributed by atoms with van der Waals surface area (Å²) in [7, 11) is 0. The highest BCUT2D eigenvalue weighted by Crippen LogP contribution is 2.25. The lowest BCUT2D eigenvalue weighted by atomic mass is 10.1. The van der Waals surface area contributed by atoms with Crippen LogP contribution in [0.2, 0.25) is 0 Å². The summed E-state index contributed by atoms with van der Waals surface area (Å²) in [6.07, 6.45) is 0.632. The Morgan fingerprint density at radius 1 is 1.22 bits per heavy atom. The molecule has 1 atom stereocenters.